The number of amides is 1. The van der Waals surface area contributed by atoms with E-state index in [-0.39, 0.29) is 18.0 Å². The number of hydrogen-bond donors (Lipinski definition) is 2. The Hall–Kier alpha value is -1.75. The molecule has 1 aromatic carbocycles. The standard InChI is InChI=1S/C14H22N2O3/c1-10(2)16-13(14(15)17)8-9-19-12-6-4-11(18-3)5-7-12/h4-7,10,13,16H,8-9H2,1-3H3,(H2,15,17). The molecule has 0 radical (unpaired) electrons. The van der Waals surface area contributed by atoms with E-state index in [1.165, 1.54) is 0 Å². The second kappa shape index (κ2) is 7.63. The number of primary amides is 1. The van der Waals surface area contributed by atoms with Crippen molar-refractivity contribution < 1.29 is 14.3 Å². The number of ether oxygens (including phenoxy) is 2. The topological polar surface area (TPSA) is 73.6 Å². The molecule has 0 spiro atoms. The quantitative estimate of drug-likeness (QED) is 0.744. The maximum absolute atomic E-state index is 11.2. The number of hydrogen-bond acceptors (Lipinski definition) is 4. The fourth-order valence-corrected chi connectivity index (χ4v) is 1.68. The van der Waals surface area contributed by atoms with Gasteiger partial charge in [0.2, 0.25) is 5.91 Å². The SMILES string of the molecule is COc1ccc(OCCC(NC(C)C)C(N)=O)cc1. The van der Waals surface area contributed by atoms with Crippen LogP contribution in [0.1, 0.15) is 20.3 Å². The second-order valence-corrected chi connectivity index (χ2v) is 4.59. The van der Waals surface area contributed by atoms with Gasteiger partial charge in [0.1, 0.15) is 11.5 Å². The van der Waals surface area contributed by atoms with Gasteiger partial charge in [-0.25, -0.2) is 0 Å². The highest BCUT2D eigenvalue weighted by Gasteiger charge is 2.15. The lowest BCUT2D eigenvalue weighted by Gasteiger charge is -2.18. The fraction of sp³-hybridized carbons (Fsp3) is 0.500. The second-order valence-electron chi connectivity index (χ2n) is 4.59. The molecule has 5 nitrogen and oxygen atoms in total. The number of methoxy groups -OCH3 is 1. The summed E-state index contributed by atoms with van der Waals surface area (Å²) in [5.41, 5.74) is 5.33. The minimum absolute atomic E-state index is 0.207. The summed E-state index contributed by atoms with van der Waals surface area (Å²) in [7, 11) is 1.62. The van der Waals surface area contributed by atoms with Crippen LogP contribution in [0, 0.1) is 0 Å². The Kier molecular flexibility index (Phi) is 6.15. The van der Waals surface area contributed by atoms with E-state index in [0.29, 0.717) is 13.0 Å². The summed E-state index contributed by atoms with van der Waals surface area (Å²) in [6.45, 7) is 4.38. The predicted octanol–water partition coefficient (Wildman–Crippen LogP) is 1.32. The first-order valence-corrected chi connectivity index (χ1v) is 6.35. The summed E-state index contributed by atoms with van der Waals surface area (Å²) < 4.78 is 10.6. The van der Waals surface area contributed by atoms with Gasteiger partial charge in [0.15, 0.2) is 0 Å². The molecule has 1 amide bonds. The summed E-state index contributed by atoms with van der Waals surface area (Å²) in [6.07, 6.45) is 0.541. The first-order chi connectivity index (χ1) is 9.02. The zero-order valence-electron chi connectivity index (χ0n) is 11.7. The van der Waals surface area contributed by atoms with Crippen LogP contribution in [0.15, 0.2) is 24.3 Å². The van der Waals surface area contributed by atoms with Crippen molar-refractivity contribution in [2.45, 2.75) is 32.4 Å². The van der Waals surface area contributed by atoms with Gasteiger partial charge in [-0.2, -0.15) is 0 Å². The van der Waals surface area contributed by atoms with Crippen molar-refractivity contribution in [3.05, 3.63) is 24.3 Å². The van der Waals surface area contributed by atoms with E-state index in [9.17, 15) is 4.79 Å². The predicted molar refractivity (Wildman–Crippen MR) is 74.4 cm³/mol. The number of rotatable bonds is 8. The number of nitrogens with two attached hydrogens (primary N) is 1. The van der Waals surface area contributed by atoms with Crippen LogP contribution in [0.25, 0.3) is 0 Å². The third-order valence-corrected chi connectivity index (χ3v) is 2.61. The maximum Gasteiger partial charge on any atom is 0.234 e. The van der Waals surface area contributed by atoms with Gasteiger partial charge in [0, 0.05) is 12.5 Å². The molecule has 3 N–H and O–H groups in total. The van der Waals surface area contributed by atoms with E-state index >= 15 is 0 Å². The lowest BCUT2D eigenvalue weighted by atomic mass is 10.2. The zero-order valence-corrected chi connectivity index (χ0v) is 11.7. The molecule has 19 heavy (non-hydrogen) atoms. The molecule has 1 rings (SSSR count). The molecule has 1 unspecified atom stereocenters. The molecule has 5 heteroatoms. The number of benzene rings is 1. The molecular weight excluding hydrogens is 244 g/mol. The third kappa shape index (κ3) is 5.61. The van der Waals surface area contributed by atoms with E-state index in [4.69, 9.17) is 15.2 Å². The smallest absolute Gasteiger partial charge is 0.234 e. The monoisotopic (exact) mass is 266 g/mol. The number of carbonyl (C=O) groups is 1. The average molecular weight is 266 g/mol. The van der Waals surface area contributed by atoms with Crippen molar-refractivity contribution in [2.24, 2.45) is 5.73 Å². The van der Waals surface area contributed by atoms with Gasteiger partial charge in [0.05, 0.1) is 19.8 Å². The summed E-state index contributed by atoms with van der Waals surface area (Å²) in [5, 5.41) is 3.11. The van der Waals surface area contributed by atoms with E-state index < -0.39 is 0 Å². The molecule has 0 aromatic heterocycles. The maximum atomic E-state index is 11.2. The number of nitrogens with one attached hydrogen (secondary N) is 1. The molecule has 0 aliphatic rings. The molecule has 0 heterocycles. The van der Waals surface area contributed by atoms with Crippen LogP contribution in [0.5, 0.6) is 11.5 Å². The minimum atomic E-state index is -0.363. The fourth-order valence-electron chi connectivity index (χ4n) is 1.68. The van der Waals surface area contributed by atoms with Crippen molar-refractivity contribution >= 4 is 5.91 Å². The molecule has 0 aliphatic carbocycles. The van der Waals surface area contributed by atoms with Crippen LogP contribution < -0.4 is 20.5 Å². The zero-order chi connectivity index (χ0) is 14.3. The van der Waals surface area contributed by atoms with Gasteiger partial charge >= 0.3 is 0 Å². The van der Waals surface area contributed by atoms with E-state index in [1.807, 2.05) is 38.1 Å². The minimum Gasteiger partial charge on any atom is -0.497 e. The highest BCUT2D eigenvalue weighted by molar-refractivity contribution is 5.79. The summed E-state index contributed by atoms with van der Waals surface area (Å²) in [6, 6.07) is 7.15. The third-order valence-electron chi connectivity index (χ3n) is 2.61. The van der Waals surface area contributed by atoms with E-state index in [0.717, 1.165) is 11.5 Å². The van der Waals surface area contributed by atoms with Crippen molar-refractivity contribution in [2.75, 3.05) is 13.7 Å². The molecule has 1 atom stereocenters. The van der Waals surface area contributed by atoms with Crippen LogP contribution in [0.2, 0.25) is 0 Å². The molecule has 0 saturated heterocycles. The lowest BCUT2D eigenvalue weighted by molar-refractivity contribution is -0.120. The molecule has 0 bridgehead atoms. The molecule has 0 aliphatic heterocycles. The molecule has 0 saturated carbocycles. The first kappa shape index (κ1) is 15.3. The lowest BCUT2D eigenvalue weighted by Crippen LogP contribution is -2.45. The Bertz CT molecular complexity index is 390. The van der Waals surface area contributed by atoms with Gasteiger partial charge in [0.25, 0.3) is 0 Å². The summed E-state index contributed by atoms with van der Waals surface area (Å²) in [4.78, 5) is 11.2. The largest absolute Gasteiger partial charge is 0.497 e. The Morgan fingerprint density at radius 1 is 1.26 bits per heavy atom. The molecule has 0 fully saturated rings. The molecule has 1 aromatic rings. The Morgan fingerprint density at radius 2 is 1.84 bits per heavy atom. The van der Waals surface area contributed by atoms with Crippen molar-refractivity contribution in [3.63, 3.8) is 0 Å². The van der Waals surface area contributed by atoms with E-state index in [1.54, 1.807) is 7.11 Å². The van der Waals surface area contributed by atoms with Gasteiger partial charge in [-0.3, -0.25) is 4.79 Å². The number of carbonyl (C=O) groups excluding carboxylic acids is 1. The van der Waals surface area contributed by atoms with Crippen molar-refractivity contribution in [1.82, 2.24) is 5.32 Å². The molecular formula is C14H22N2O3. The van der Waals surface area contributed by atoms with Crippen molar-refractivity contribution in [3.8, 4) is 11.5 Å². The van der Waals surface area contributed by atoms with Gasteiger partial charge in [-0.1, -0.05) is 13.8 Å². The Morgan fingerprint density at radius 3 is 2.32 bits per heavy atom. The van der Waals surface area contributed by atoms with Crippen LogP contribution in [0.3, 0.4) is 0 Å². The normalized spacial score (nSPS) is 12.2. The van der Waals surface area contributed by atoms with Crippen LogP contribution in [0.4, 0.5) is 0 Å². The highest BCUT2D eigenvalue weighted by atomic mass is 16.5. The molecule has 106 valence electrons. The summed E-state index contributed by atoms with van der Waals surface area (Å²) >= 11 is 0. The first-order valence-electron chi connectivity index (χ1n) is 6.35. The van der Waals surface area contributed by atoms with Gasteiger partial charge < -0.3 is 20.5 Å². The van der Waals surface area contributed by atoms with Crippen molar-refractivity contribution in [1.29, 1.82) is 0 Å². The van der Waals surface area contributed by atoms with Gasteiger partial charge in [-0.15, -0.1) is 0 Å². The Balaban J connectivity index is 2.40. The summed E-state index contributed by atoms with van der Waals surface area (Å²) in [5.74, 6) is 1.17. The van der Waals surface area contributed by atoms with Crippen LogP contribution in [-0.2, 0) is 4.79 Å². The highest BCUT2D eigenvalue weighted by Crippen LogP contribution is 2.17. The Labute approximate surface area is 114 Å². The van der Waals surface area contributed by atoms with Gasteiger partial charge in [-0.05, 0) is 24.3 Å². The van der Waals surface area contributed by atoms with Crippen LogP contribution in [-0.4, -0.2) is 31.7 Å². The average Bonchev–Trinajstić information content (AvgIpc) is 2.37. The van der Waals surface area contributed by atoms with Crippen LogP contribution >= 0.6 is 0 Å². The van der Waals surface area contributed by atoms with E-state index in [2.05, 4.69) is 5.32 Å².